The summed E-state index contributed by atoms with van der Waals surface area (Å²) >= 11 is 0. The minimum Gasteiger partial charge on any atom is -0.423 e. The zero-order valence-electron chi connectivity index (χ0n) is 20.0. The number of aryl methyl sites for hydroxylation is 2. The molecule has 0 amide bonds. The summed E-state index contributed by atoms with van der Waals surface area (Å²) in [4.78, 5) is 35.2. The van der Waals surface area contributed by atoms with E-state index in [1.165, 1.54) is 12.1 Å². The molecule has 0 aliphatic rings. The van der Waals surface area contributed by atoms with Crippen LogP contribution in [0.1, 0.15) is 24.5 Å². The van der Waals surface area contributed by atoms with Gasteiger partial charge in [-0.2, -0.15) is 0 Å². The minimum atomic E-state index is -0.678. The maximum Gasteiger partial charge on any atom is 0.338 e. The molecule has 0 N–H and O–H groups in total. The second-order valence-electron chi connectivity index (χ2n) is 8.04. The van der Waals surface area contributed by atoms with Crippen molar-refractivity contribution in [1.29, 1.82) is 0 Å². The van der Waals surface area contributed by atoms with E-state index in [9.17, 15) is 18.8 Å². The van der Waals surface area contributed by atoms with Crippen LogP contribution in [0.4, 0.5) is 4.39 Å². The fourth-order valence-corrected chi connectivity index (χ4v) is 3.22. The Kier molecular flexibility index (Phi) is 8.52. The molecule has 6 nitrogen and oxygen atoms in total. The fourth-order valence-electron chi connectivity index (χ4n) is 3.22. The van der Waals surface area contributed by atoms with Gasteiger partial charge in [0.25, 0.3) is 0 Å². The van der Waals surface area contributed by atoms with Crippen molar-refractivity contribution in [3.05, 3.63) is 102 Å². The van der Waals surface area contributed by atoms with Crippen LogP contribution in [-0.4, -0.2) is 17.9 Å². The average Bonchev–Trinajstić information content (AvgIpc) is 2.85. The lowest BCUT2D eigenvalue weighted by Gasteiger charge is -2.10. The van der Waals surface area contributed by atoms with Crippen LogP contribution in [0.3, 0.4) is 0 Å². The molecule has 0 heterocycles. The van der Waals surface area contributed by atoms with E-state index < -0.39 is 23.7 Å². The lowest BCUT2D eigenvalue weighted by Crippen LogP contribution is -2.10. The molecule has 0 radical (unpaired) electrons. The molecule has 0 atom stereocenters. The Morgan fingerprint density at radius 1 is 0.889 bits per heavy atom. The second kappa shape index (κ2) is 11.8. The number of carbonyl (C=O) groups excluding carboxylic acids is 3. The molecule has 0 fully saturated rings. The number of hydrogen-bond donors (Lipinski definition) is 0. The Balaban J connectivity index is 1.58. The monoisotopic (exact) mass is 488 g/mol. The number of carbonyl (C=O) groups is 3. The van der Waals surface area contributed by atoms with E-state index in [1.54, 1.807) is 62.4 Å². The second-order valence-corrected chi connectivity index (χ2v) is 8.04. The van der Waals surface area contributed by atoms with Crippen molar-refractivity contribution < 1.29 is 33.0 Å². The molecule has 3 aromatic rings. The van der Waals surface area contributed by atoms with Gasteiger partial charge in [0.15, 0.2) is 11.6 Å². The SMILES string of the molecule is C=CC(=O)Oc1ccc(CCC(=O)Oc2ccc(-c3ccc(OC(=O)C(=C)C)cc3)cc2F)cc1C. The van der Waals surface area contributed by atoms with Gasteiger partial charge < -0.3 is 14.2 Å². The summed E-state index contributed by atoms with van der Waals surface area (Å²) < 4.78 is 30.1. The Morgan fingerprint density at radius 3 is 2.17 bits per heavy atom. The normalized spacial score (nSPS) is 10.3. The third kappa shape index (κ3) is 6.99. The highest BCUT2D eigenvalue weighted by Crippen LogP contribution is 2.28. The van der Waals surface area contributed by atoms with Gasteiger partial charge in [-0.05, 0) is 72.9 Å². The van der Waals surface area contributed by atoms with E-state index >= 15 is 0 Å². The molecule has 3 aromatic carbocycles. The fraction of sp³-hybridized carbons (Fsp3) is 0.138. The number of halogens is 1. The van der Waals surface area contributed by atoms with Crippen molar-refractivity contribution >= 4 is 17.9 Å². The zero-order chi connectivity index (χ0) is 26.2. The molecule has 0 unspecified atom stereocenters. The number of rotatable bonds is 9. The molecule has 184 valence electrons. The van der Waals surface area contributed by atoms with Crippen LogP contribution in [0.25, 0.3) is 11.1 Å². The summed E-state index contributed by atoms with van der Waals surface area (Å²) in [5, 5.41) is 0. The maximum absolute atomic E-state index is 14.6. The molecule has 0 aromatic heterocycles. The van der Waals surface area contributed by atoms with Crippen LogP contribution >= 0.6 is 0 Å². The van der Waals surface area contributed by atoms with Crippen LogP contribution in [0.2, 0.25) is 0 Å². The van der Waals surface area contributed by atoms with E-state index in [1.807, 2.05) is 0 Å². The molecular formula is C29H25FO6. The van der Waals surface area contributed by atoms with Crippen molar-refractivity contribution in [3.63, 3.8) is 0 Å². The summed E-state index contributed by atoms with van der Waals surface area (Å²) in [5.74, 6) is -1.74. The molecule has 3 rings (SSSR count). The predicted octanol–water partition coefficient (Wildman–Crippen LogP) is 5.91. The van der Waals surface area contributed by atoms with Gasteiger partial charge in [0.1, 0.15) is 11.5 Å². The first-order valence-electron chi connectivity index (χ1n) is 11.1. The largest absolute Gasteiger partial charge is 0.423 e. The van der Waals surface area contributed by atoms with E-state index in [2.05, 4.69) is 13.2 Å². The lowest BCUT2D eigenvalue weighted by atomic mass is 10.1. The topological polar surface area (TPSA) is 78.9 Å². The Bertz CT molecular complexity index is 1320. The Labute approximate surface area is 208 Å². The van der Waals surface area contributed by atoms with Gasteiger partial charge in [-0.3, -0.25) is 4.79 Å². The van der Waals surface area contributed by atoms with Gasteiger partial charge in [0, 0.05) is 18.1 Å². The highest BCUT2D eigenvalue weighted by molar-refractivity contribution is 5.88. The van der Waals surface area contributed by atoms with E-state index in [-0.39, 0.29) is 17.7 Å². The molecule has 0 aliphatic heterocycles. The Hall–Kier alpha value is -4.52. The summed E-state index contributed by atoms with van der Waals surface area (Å²) in [5.41, 5.74) is 3.12. The number of ether oxygens (including phenoxy) is 3. The van der Waals surface area contributed by atoms with Crippen molar-refractivity contribution in [2.75, 3.05) is 0 Å². The zero-order valence-corrected chi connectivity index (χ0v) is 20.0. The average molecular weight is 489 g/mol. The highest BCUT2D eigenvalue weighted by atomic mass is 19.1. The smallest absolute Gasteiger partial charge is 0.338 e. The third-order valence-electron chi connectivity index (χ3n) is 5.14. The highest BCUT2D eigenvalue weighted by Gasteiger charge is 2.13. The van der Waals surface area contributed by atoms with Crippen LogP contribution in [0.5, 0.6) is 17.2 Å². The molecule has 0 saturated carbocycles. The number of hydrogen-bond acceptors (Lipinski definition) is 6. The summed E-state index contributed by atoms with van der Waals surface area (Å²) in [7, 11) is 0. The van der Waals surface area contributed by atoms with Gasteiger partial charge in [-0.1, -0.05) is 43.5 Å². The summed E-state index contributed by atoms with van der Waals surface area (Å²) in [6.45, 7) is 10.2. The summed E-state index contributed by atoms with van der Waals surface area (Å²) in [6, 6.07) is 16.1. The maximum atomic E-state index is 14.6. The first-order chi connectivity index (χ1) is 17.2. The van der Waals surface area contributed by atoms with Gasteiger partial charge in [-0.15, -0.1) is 0 Å². The van der Waals surface area contributed by atoms with Crippen LogP contribution < -0.4 is 14.2 Å². The molecule has 7 heteroatoms. The summed E-state index contributed by atoms with van der Waals surface area (Å²) in [6.07, 6.45) is 1.49. The van der Waals surface area contributed by atoms with Crippen molar-refractivity contribution in [2.24, 2.45) is 0 Å². The molecule has 36 heavy (non-hydrogen) atoms. The van der Waals surface area contributed by atoms with Gasteiger partial charge in [0.2, 0.25) is 0 Å². The number of esters is 3. The molecule has 0 bridgehead atoms. The van der Waals surface area contributed by atoms with Gasteiger partial charge in [-0.25, -0.2) is 14.0 Å². The van der Waals surface area contributed by atoms with Crippen LogP contribution in [-0.2, 0) is 20.8 Å². The first kappa shape index (κ1) is 26.1. The molecule has 0 aliphatic carbocycles. The minimum absolute atomic E-state index is 0.0385. The van der Waals surface area contributed by atoms with Gasteiger partial charge >= 0.3 is 17.9 Å². The van der Waals surface area contributed by atoms with Crippen molar-refractivity contribution in [3.8, 4) is 28.4 Å². The molecule has 0 spiro atoms. The number of benzene rings is 3. The van der Waals surface area contributed by atoms with Crippen LogP contribution in [0, 0.1) is 12.7 Å². The van der Waals surface area contributed by atoms with E-state index in [4.69, 9.17) is 14.2 Å². The van der Waals surface area contributed by atoms with Crippen molar-refractivity contribution in [2.45, 2.75) is 26.7 Å². The van der Waals surface area contributed by atoms with Crippen LogP contribution in [0.15, 0.2) is 85.5 Å². The molecule has 0 saturated heterocycles. The van der Waals surface area contributed by atoms with Gasteiger partial charge in [0.05, 0.1) is 0 Å². The van der Waals surface area contributed by atoms with Crippen molar-refractivity contribution in [1.82, 2.24) is 0 Å². The standard InChI is InChI=1S/C29H25FO6/c1-5-27(31)35-25-13-6-20(16-19(25)4)7-15-28(32)36-26-14-10-22(17-24(26)30)21-8-11-23(12-9-21)34-29(33)18(2)3/h5-6,8-14,16-17H,1-2,7,15H2,3-4H3. The van der Waals surface area contributed by atoms with E-state index in [0.29, 0.717) is 29.0 Å². The Morgan fingerprint density at radius 2 is 1.56 bits per heavy atom. The third-order valence-corrected chi connectivity index (χ3v) is 5.14. The molecular weight excluding hydrogens is 463 g/mol. The lowest BCUT2D eigenvalue weighted by molar-refractivity contribution is -0.134. The quantitative estimate of drug-likeness (QED) is 0.212. The predicted molar refractivity (Wildman–Crippen MR) is 133 cm³/mol. The van der Waals surface area contributed by atoms with E-state index in [0.717, 1.165) is 17.2 Å². The first-order valence-corrected chi connectivity index (χ1v) is 11.1.